The van der Waals surface area contributed by atoms with E-state index in [-0.39, 0.29) is 27.7 Å². The molecule has 0 spiro atoms. The third-order valence-electron chi connectivity index (χ3n) is 5.29. The first kappa shape index (κ1) is 23.0. The van der Waals surface area contributed by atoms with Gasteiger partial charge >= 0.3 is 5.97 Å². The number of nitrogens with zero attached hydrogens (tertiary/aromatic N) is 1. The quantitative estimate of drug-likeness (QED) is 0.363. The second kappa shape index (κ2) is 10.1. The summed E-state index contributed by atoms with van der Waals surface area (Å²) >= 11 is 0. The summed E-state index contributed by atoms with van der Waals surface area (Å²) in [4.78, 5) is 24.3. The van der Waals surface area contributed by atoms with Crippen LogP contribution in [0, 0.1) is 0 Å². The molecule has 1 aliphatic rings. The molecular weight excluding hydrogens is 418 g/mol. The average molecular weight is 446 g/mol. The van der Waals surface area contributed by atoms with Crippen LogP contribution in [0.25, 0.3) is 0 Å². The first-order valence-corrected chi connectivity index (χ1v) is 11.8. The lowest BCUT2D eigenvalue weighted by atomic mass is 10.1. The fourth-order valence-corrected chi connectivity index (χ4v) is 5.20. The zero-order valence-electron chi connectivity index (χ0n) is 17.8. The van der Waals surface area contributed by atoms with Crippen LogP contribution in [0.5, 0.6) is 11.5 Å². The fourth-order valence-electron chi connectivity index (χ4n) is 3.51. The molecule has 7 nitrogen and oxygen atoms in total. The Labute approximate surface area is 183 Å². The van der Waals surface area contributed by atoms with Crippen molar-refractivity contribution in [1.82, 2.24) is 4.31 Å². The van der Waals surface area contributed by atoms with Gasteiger partial charge in [0.2, 0.25) is 10.0 Å². The molecule has 0 unspecified atom stereocenters. The SMILES string of the molecule is CCC(=O)c1ccc(OC(=O)c2ccc(OC)c(S(=O)(=O)N3CCCCCC3)c2)cc1. The number of ether oxygens (including phenoxy) is 2. The van der Waals surface area contributed by atoms with Gasteiger partial charge in [-0.05, 0) is 55.3 Å². The smallest absolute Gasteiger partial charge is 0.343 e. The lowest BCUT2D eigenvalue weighted by molar-refractivity contribution is 0.0734. The predicted octanol–water partition coefficient (Wildman–Crippen LogP) is 4.07. The highest BCUT2D eigenvalue weighted by Gasteiger charge is 2.29. The van der Waals surface area contributed by atoms with Crippen LogP contribution in [0.4, 0.5) is 0 Å². The molecule has 1 fully saturated rings. The second-order valence-corrected chi connectivity index (χ2v) is 9.28. The molecule has 0 aromatic heterocycles. The van der Waals surface area contributed by atoms with Crippen LogP contribution >= 0.6 is 0 Å². The van der Waals surface area contributed by atoms with E-state index in [4.69, 9.17) is 9.47 Å². The zero-order valence-corrected chi connectivity index (χ0v) is 18.6. The van der Waals surface area contributed by atoms with Crippen LogP contribution in [-0.2, 0) is 10.0 Å². The van der Waals surface area contributed by atoms with Crippen LogP contribution in [-0.4, -0.2) is 44.7 Å². The molecule has 0 bridgehead atoms. The molecular formula is C23H27NO6S. The summed E-state index contributed by atoms with van der Waals surface area (Å²) < 4.78 is 38.6. The highest BCUT2D eigenvalue weighted by molar-refractivity contribution is 7.89. The number of benzene rings is 2. The Hall–Kier alpha value is -2.71. The molecule has 1 aliphatic heterocycles. The maximum absolute atomic E-state index is 13.2. The van der Waals surface area contributed by atoms with E-state index in [1.807, 2.05) is 0 Å². The molecule has 3 rings (SSSR count). The minimum Gasteiger partial charge on any atom is -0.495 e. The molecule has 2 aromatic rings. The molecule has 31 heavy (non-hydrogen) atoms. The Kier molecular flexibility index (Phi) is 7.46. The van der Waals surface area contributed by atoms with E-state index in [9.17, 15) is 18.0 Å². The number of sulfonamides is 1. The van der Waals surface area contributed by atoms with E-state index < -0.39 is 16.0 Å². The van der Waals surface area contributed by atoms with Crippen molar-refractivity contribution in [1.29, 1.82) is 0 Å². The minimum absolute atomic E-state index is 0.00334. The molecule has 2 aromatic carbocycles. The van der Waals surface area contributed by atoms with Crippen LogP contribution in [0.15, 0.2) is 47.4 Å². The van der Waals surface area contributed by atoms with Crippen LogP contribution in [0.1, 0.15) is 59.7 Å². The first-order valence-electron chi connectivity index (χ1n) is 10.4. The van der Waals surface area contributed by atoms with Crippen molar-refractivity contribution in [2.75, 3.05) is 20.2 Å². The number of esters is 1. The highest BCUT2D eigenvalue weighted by Crippen LogP contribution is 2.30. The molecule has 0 amide bonds. The number of ketones is 1. The van der Waals surface area contributed by atoms with E-state index in [2.05, 4.69) is 0 Å². The zero-order chi connectivity index (χ0) is 22.4. The van der Waals surface area contributed by atoms with Gasteiger partial charge in [0, 0.05) is 25.1 Å². The summed E-state index contributed by atoms with van der Waals surface area (Å²) in [6.45, 7) is 2.67. The number of rotatable bonds is 7. The largest absolute Gasteiger partial charge is 0.495 e. The Morgan fingerprint density at radius 1 is 0.935 bits per heavy atom. The van der Waals surface area contributed by atoms with E-state index in [0.717, 1.165) is 25.7 Å². The van der Waals surface area contributed by atoms with Gasteiger partial charge in [0.1, 0.15) is 16.4 Å². The topological polar surface area (TPSA) is 90.0 Å². The number of hydrogen-bond donors (Lipinski definition) is 0. The molecule has 8 heteroatoms. The van der Waals surface area contributed by atoms with Gasteiger partial charge in [-0.3, -0.25) is 4.79 Å². The second-order valence-electron chi connectivity index (χ2n) is 7.37. The molecule has 0 saturated carbocycles. The maximum Gasteiger partial charge on any atom is 0.343 e. The summed E-state index contributed by atoms with van der Waals surface area (Å²) in [6, 6.07) is 10.5. The van der Waals surface area contributed by atoms with Gasteiger partial charge in [-0.15, -0.1) is 0 Å². The number of carbonyl (C=O) groups excluding carboxylic acids is 2. The monoisotopic (exact) mass is 445 g/mol. The minimum atomic E-state index is -3.81. The summed E-state index contributed by atoms with van der Waals surface area (Å²) in [6.07, 6.45) is 4.00. The van der Waals surface area contributed by atoms with Gasteiger partial charge in [0.25, 0.3) is 0 Å². The lowest BCUT2D eigenvalue weighted by Crippen LogP contribution is -2.32. The van der Waals surface area contributed by atoms with Crippen molar-refractivity contribution >= 4 is 21.8 Å². The average Bonchev–Trinajstić information content (AvgIpc) is 3.09. The van der Waals surface area contributed by atoms with Gasteiger partial charge in [-0.1, -0.05) is 19.8 Å². The Morgan fingerprint density at radius 2 is 1.55 bits per heavy atom. The number of methoxy groups -OCH3 is 1. The van der Waals surface area contributed by atoms with Gasteiger partial charge < -0.3 is 9.47 Å². The number of Topliss-reactive ketones (excluding diaryl/α,β-unsaturated/α-hetero) is 1. The Bertz CT molecular complexity index is 1040. The Balaban J connectivity index is 1.85. The molecule has 0 aliphatic carbocycles. The van der Waals surface area contributed by atoms with E-state index >= 15 is 0 Å². The van der Waals surface area contributed by atoms with Crippen LogP contribution < -0.4 is 9.47 Å². The summed E-state index contributed by atoms with van der Waals surface area (Å²) in [7, 11) is -2.42. The van der Waals surface area contributed by atoms with Crippen molar-refractivity contribution in [2.24, 2.45) is 0 Å². The van der Waals surface area contributed by atoms with Crippen LogP contribution in [0.3, 0.4) is 0 Å². The van der Waals surface area contributed by atoms with Crippen molar-refractivity contribution in [3.05, 3.63) is 53.6 Å². The fraction of sp³-hybridized carbons (Fsp3) is 0.391. The van der Waals surface area contributed by atoms with Crippen molar-refractivity contribution in [3.8, 4) is 11.5 Å². The summed E-state index contributed by atoms with van der Waals surface area (Å²) in [5.41, 5.74) is 0.639. The molecule has 0 N–H and O–H groups in total. The molecule has 1 saturated heterocycles. The lowest BCUT2D eigenvalue weighted by Gasteiger charge is -2.21. The van der Waals surface area contributed by atoms with E-state index in [0.29, 0.717) is 25.1 Å². The number of hydrogen-bond acceptors (Lipinski definition) is 6. The van der Waals surface area contributed by atoms with Crippen molar-refractivity contribution < 1.29 is 27.5 Å². The third kappa shape index (κ3) is 5.32. The standard InChI is InChI=1S/C23H27NO6S/c1-3-20(25)17-8-11-19(12-9-17)30-23(26)18-10-13-21(29-2)22(16-18)31(27,28)24-14-6-4-5-7-15-24/h8-13,16H,3-7,14-15H2,1-2H3. The van der Waals surface area contributed by atoms with Crippen LogP contribution in [0.2, 0.25) is 0 Å². The predicted molar refractivity (Wildman–Crippen MR) is 116 cm³/mol. The summed E-state index contributed by atoms with van der Waals surface area (Å²) in [5.74, 6) is -0.241. The normalized spacial score (nSPS) is 15.2. The van der Waals surface area contributed by atoms with Crippen molar-refractivity contribution in [2.45, 2.75) is 43.9 Å². The number of carbonyl (C=O) groups is 2. The van der Waals surface area contributed by atoms with Gasteiger partial charge in [-0.2, -0.15) is 4.31 Å². The van der Waals surface area contributed by atoms with E-state index in [1.165, 1.54) is 29.6 Å². The highest BCUT2D eigenvalue weighted by atomic mass is 32.2. The third-order valence-corrected chi connectivity index (χ3v) is 7.21. The molecule has 1 heterocycles. The first-order chi connectivity index (χ1) is 14.9. The van der Waals surface area contributed by atoms with Gasteiger partial charge in [-0.25, -0.2) is 13.2 Å². The van der Waals surface area contributed by atoms with Gasteiger partial charge in [0.15, 0.2) is 5.78 Å². The molecule has 166 valence electrons. The summed E-state index contributed by atoms with van der Waals surface area (Å²) in [5, 5.41) is 0. The molecule has 0 atom stereocenters. The Morgan fingerprint density at radius 3 is 2.13 bits per heavy atom. The molecule has 0 radical (unpaired) electrons. The van der Waals surface area contributed by atoms with Gasteiger partial charge in [0.05, 0.1) is 12.7 Å². The maximum atomic E-state index is 13.2. The van der Waals surface area contributed by atoms with E-state index in [1.54, 1.807) is 31.2 Å². The van der Waals surface area contributed by atoms with Crippen molar-refractivity contribution in [3.63, 3.8) is 0 Å².